The average Bonchev–Trinajstić information content (AvgIpc) is 2.59. The summed E-state index contributed by atoms with van der Waals surface area (Å²) in [5, 5.41) is 29.1. The van der Waals surface area contributed by atoms with Gasteiger partial charge in [0.2, 0.25) is 0 Å². The van der Waals surface area contributed by atoms with E-state index in [1.165, 1.54) is 12.1 Å². The molecule has 0 aliphatic carbocycles. The normalized spacial score (nSPS) is 12.3. The van der Waals surface area contributed by atoms with Crippen LogP contribution in [0.5, 0.6) is 23.0 Å². The molecule has 133 valence electrons. The Kier molecular flexibility index (Phi) is 4.70. The molecule has 0 bridgehead atoms. The van der Waals surface area contributed by atoms with Crippen LogP contribution in [0.2, 0.25) is 0 Å². The van der Waals surface area contributed by atoms with Crippen LogP contribution in [0.1, 0.15) is 33.0 Å². The topological polar surface area (TPSA) is 87.0 Å². The average molecular weight is 437 g/mol. The second-order valence-corrected chi connectivity index (χ2v) is 5.87. The summed E-state index contributed by atoms with van der Waals surface area (Å²) in [6, 6.07) is 16.3. The number of benzene rings is 3. The van der Waals surface area contributed by atoms with E-state index < -0.39 is 5.97 Å². The molecule has 0 fully saturated rings. The Morgan fingerprint density at radius 3 is 1.88 bits per heavy atom. The maximum absolute atomic E-state index is 11.7. The zero-order valence-corrected chi connectivity index (χ0v) is 15.0. The van der Waals surface area contributed by atoms with Crippen molar-refractivity contribution in [2.45, 2.75) is 5.92 Å². The molecule has 0 amide bonds. The van der Waals surface area contributed by atoms with Gasteiger partial charge in [0.25, 0.3) is 0 Å². The zero-order valence-electron chi connectivity index (χ0n) is 13.3. The van der Waals surface area contributed by atoms with E-state index in [0.29, 0.717) is 17.1 Å². The van der Waals surface area contributed by atoms with Gasteiger partial charge in [0.15, 0.2) is 0 Å². The van der Waals surface area contributed by atoms with Crippen molar-refractivity contribution in [3.63, 3.8) is 0 Å². The molecule has 3 aromatic carbocycles. The molecule has 0 saturated heterocycles. The summed E-state index contributed by atoms with van der Waals surface area (Å²) in [6.07, 6.45) is 0. The van der Waals surface area contributed by atoms with Gasteiger partial charge in [-0.2, -0.15) is 0 Å². The molecule has 0 saturated carbocycles. The molecule has 5 nitrogen and oxygen atoms in total. The molecule has 1 aliphatic rings. The fraction of sp³-hybridized carbons (Fsp3) is 0.0500. The van der Waals surface area contributed by atoms with E-state index in [1.807, 2.05) is 0 Å². The van der Waals surface area contributed by atoms with Gasteiger partial charge < -0.3 is 20.1 Å². The smallest absolute Gasteiger partial charge is 0.335 e. The second-order valence-electron chi connectivity index (χ2n) is 5.87. The van der Waals surface area contributed by atoms with Gasteiger partial charge in [-0.1, -0.05) is 30.3 Å². The molecule has 1 radical (unpaired) electrons. The van der Waals surface area contributed by atoms with E-state index in [9.17, 15) is 20.1 Å². The number of hydrogen-bond acceptors (Lipinski definition) is 4. The molecule has 1 aliphatic heterocycles. The first-order chi connectivity index (χ1) is 12.0. The third-order valence-electron chi connectivity index (χ3n) is 4.34. The van der Waals surface area contributed by atoms with Gasteiger partial charge in [0.05, 0.1) is 5.56 Å². The molecule has 0 aromatic heterocycles. The quantitative estimate of drug-likeness (QED) is 0.412. The Hall–Kier alpha value is -2.85. The van der Waals surface area contributed by atoms with Crippen molar-refractivity contribution in [1.29, 1.82) is 0 Å². The Balaban J connectivity index is 0.00000196. The Labute approximate surface area is 162 Å². The largest absolute Gasteiger partial charge is 0.508 e. The van der Waals surface area contributed by atoms with Gasteiger partial charge in [-0.3, -0.25) is 0 Å². The van der Waals surface area contributed by atoms with Crippen LogP contribution in [0.25, 0.3) is 0 Å². The van der Waals surface area contributed by atoms with E-state index >= 15 is 0 Å². The summed E-state index contributed by atoms with van der Waals surface area (Å²) in [4.78, 5) is 11.7. The first-order valence-electron chi connectivity index (χ1n) is 7.70. The SMILES string of the molecule is O=C(O)c1ccccc1C1c2ccc(O)cc2Oc2cc(O)ccc21.[Rh]. The van der Waals surface area contributed by atoms with E-state index in [-0.39, 0.29) is 42.5 Å². The molecule has 0 unspecified atom stereocenters. The number of carbonyl (C=O) groups is 1. The van der Waals surface area contributed by atoms with Crippen LogP contribution in [0.15, 0.2) is 60.7 Å². The number of carboxylic acid groups (broad SMARTS) is 1. The second kappa shape index (κ2) is 6.81. The van der Waals surface area contributed by atoms with Crippen molar-refractivity contribution in [2.24, 2.45) is 0 Å². The predicted octanol–water partition coefficient (Wildman–Crippen LogP) is 4.08. The molecule has 3 N–H and O–H groups in total. The predicted molar refractivity (Wildman–Crippen MR) is 90.6 cm³/mol. The maximum atomic E-state index is 11.7. The van der Waals surface area contributed by atoms with E-state index in [2.05, 4.69) is 0 Å². The van der Waals surface area contributed by atoms with Gasteiger partial charge >= 0.3 is 5.97 Å². The zero-order chi connectivity index (χ0) is 17.6. The first-order valence-corrected chi connectivity index (χ1v) is 7.70. The van der Waals surface area contributed by atoms with Gasteiger partial charge in [-0.25, -0.2) is 4.79 Å². The van der Waals surface area contributed by atoms with Crippen molar-refractivity contribution in [2.75, 3.05) is 0 Å². The molecule has 4 rings (SSSR count). The van der Waals surface area contributed by atoms with Crippen LogP contribution in [-0.4, -0.2) is 21.3 Å². The van der Waals surface area contributed by atoms with Gasteiger partial charge in [-0.15, -0.1) is 0 Å². The fourth-order valence-electron chi connectivity index (χ4n) is 3.26. The van der Waals surface area contributed by atoms with Gasteiger partial charge in [0.1, 0.15) is 23.0 Å². The Bertz CT molecular complexity index is 948. The van der Waals surface area contributed by atoms with Crippen LogP contribution in [0.3, 0.4) is 0 Å². The van der Waals surface area contributed by atoms with Crippen molar-refractivity contribution in [3.8, 4) is 23.0 Å². The Morgan fingerprint density at radius 2 is 1.35 bits per heavy atom. The summed E-state index contributed by atoms with van der Waals surface area (Å²) in [5.74, 6) is -0.429. The molecule has 1 heterocycles. The van der Waals surface area contributed by atoms with Crippen molar-refractivity contribution >= 4 is 5.97 Å². The van der Waals surface area contributed by atoms with Gasteiger partial charge in [0, 0.05) is 48.7 Å². The van der Waals surface area contributed by atoms with Crippen molar-refractivity contribution in [3.05, 3.63) is 82.9 Å². The number of phenols is 2. The number of aromatic hydroxyl groups is 2. The van der Waals surface area contributed by atoms with Crippen LogP contribution < -0.4 is 4.74 Å². The number of fused-ring (bicyclic) bond motifs is 2. The van der Waals surface area contributed by atoms with Gasteiger partial charge in [-0.05, 0) is 23.8 Å². The van der Waals surface area contributed by atoms with Crippen molar-refractivity contribution < 1.29 is 44.3 Å². The third-order valence-corrected chi connectivity index (χ3v) is 4.34. The molecule has 0 spiro atoms. The number of ether oxygens (including phenoxy) is 1. The summed E-state index contributed by atoms with van der Waals surface area (Å²) >= 11 is 0. The number of carboxylic acids is 1. The maximum Gasteiger partial charge on any atom is 0.335 e. The minimum absolute atomic E-state index is 0. The number of phenolic OH excluding ortho intramolecular Hbond substituents is 2. The number of aromatic carboxylic acids is 1. The molecule has 26 heavy (non-hydrogen) atoms. The van der Waals surface area contributed by atoms with E-state index in [1.54, 1.807) is 48.5 Å². The Morgan fingerprint density at radius 1 is 0.808 bits per heavy atom. The van der Waals surface area contributed by atoms with Crippen LogP contribution in [-0.2, 0) is 19.5 Å². The minimum Gasteiger partial charge on any atom is -0.508 e. The molecule has 6 heteroatoms. The van der Waals surface area contributed by atoms with Crippen LogP contribution >= 0.6 is 0 Å². The van der Waals surface area contributed by atoms with Crippen LogP contribution in [0.4, 0.5) is 0 Å². The van der Waals surface area contributed by atoms with E-state index in [0.717, 1.165) is 11.1 Å². The first kappa shape index (κ1) is 18.0. The number of rotatable bonds is 2. The molecular weight excluding hydrogens is 423 g/mol. The summed E-state index contributed by atoms with van der Waals surface area (Å²) < 4.78 is 5.82. The molecule has 3 aromatic rings. The summed E-state index contributed by atoms with van der Waals surface area (Å²) in [6.45, 7) is 0. The van der Waals surface area contributed by atoms with Crippen molar-refractivity contribution in [1.82, 2.24) is 0 Å². The third kappa shape index (κ3) is 2.93. The van der Waals surface area contributed by atoms with E-state index in [4.69, 9.17) is 4.74 Å². The summed E-state index contributed by atoms with van der Waals surface area (Å²) in [5.41, 5.74) is 2.33. The molecule has 0 atom stereocenters. The number of hydrogen-bond donors (Lipinski definition) is 3. The van der Waals surface area contributed by atoms with Crippen LogP contribution in [0, 0.1) is 0 Å². The molecular formula is C20H14O5Rh. The fourth-order valence-corrected chi connectivity index (χ4v) is 3.26. The monoisotopic (exact) mass is 437 g/mol. The summed E-state index contributed by atoms with van der Waals surface area (Å²) in [7, 11) is 0. The minimum atomic E-state index is -1.01. The standard InChI is InChI=1S/C20H14O5.Rh/c21-11-5-7-15-17(9-11)25-18-10-12(22)6-8-16(18)19(15)13-3-1-2-4-14(13)20(23)24;/h1-10,19,21-22H,(H,23,24);.